The Bertz CT molecular complexity index is 239. The Kier molecular flexibility index (Phi) is 8.29. The first kappa shape index (κ1) is 17.2. The quantitative estimate of drug-likeness (QED) is 0.392. The van der Waals surface area contributed by atoms with E-state index in [1.54, 1.807) is 0 Å². The molecule has 1 fully saturated rings. The van der Waals surface area contributed by atoms with Crippen LogP contribution in [0.2, 0.25) is 0 Å². The van der Waals surface area contributed by atoms with E-state index in [2.05, 4.69) is 19.6 Å². The summed E-state index contributed by atoms with van der Waals surface area (Å²) in [5.41, 5.74) is 0. The van der Waals surface area contributed by atoms with Gasteiger partial charge in [0, 0.05) is 6.61 Å². The van der Waals surface area contributed by atoms with Crippen molar-refractivity contribution in [2.45, 2.75) is 68.9 Å². The number of thiol groups is 1. The second-order valence-corrected chi connectivity index (χ2v) is 5.58. The van der Waals surface area contributed by atoms with Crippen molar-refractivity contribution in [3.05, 3.63) is 0 Å². The molecule has 1 heterocycles. The molecule has 0 aliphatic carbocycles. The predicted octanol–water partition coefficient (Wildman–Crippen LogP) is 0.711. The van der Waals surface area contributed by atoms with Crippen LogP contribution in [0.4, 0.5) is 0 Å². The van der Waals surface area contributed by atoms with Gasteiger partial charge >= 0.3 is 0 Å². The monoisotopic (exact) mass is 294 g/mol. The minimum Gasteiger partial charge on any atom is -0.394 e. The van der Waals surface area contributed by atoms with Gasteiger partial charge in [0.25, 0.3) is 0 Å². The van der Waals surface area contributed by atoms with Gasteiger partial charge in [-0.15, -0.1) is 0 Å². The lowest BCUT2D eigenvalue weighted by Gasteiger charge is -2.40. The summed E-state index contributed by atoms with van der Waals surface area (Å²) in [7, 11) is 0. The summed E-state index contributed by atoms with van der Waals surface area (Å²) >= 11 is 4.21. The van der Waals surface area contributed by atoms with E-state index in [9.17, 15) is 10.2 Å². The molecule has 5 nitrogen and oxygen atoms in total. The third-order valence-corrected chi connectivity index (χ3v) is 3.93. The molecule has 114 valence electrons. The van der Waals surface area contributed by atoms with Crippen LogP contribution in [0.1, 0.15) is 39.0 Å². The highest BCUT2D eigenvalue weighted by Crippen LogP contribution is 2.25. The molecule has 19 heavy (non-hydrogen) atoms. The number of unbranched alkanes of at least 4 members (excludes halogenated alkanes) is 4. The molecule has 6 heteroatoms. The van der Waals surface area contributed by atoms with Crippen LogP contribution in [0.25, 0.3) is 0 Å². The average Bonchev–Trinajstić information content (AvgIpc) is 2.42. The van der Waals surface area contributed by atoms with Crippen molar-refractivity contribution in [1.29, 1.82) is 0 Å². The van der Waals surface area contributed by atoms with Gasteiger partial charge in [0.15, 0.2) is 6.29 Å². The van der Waals surface area contributed by atoms with Crippen LogP contribution in [-0.2, 0) is 9.47 Å². The highest BCUT2D eigenvalue weighted by Gasteiger charge is 2.42. The van der Waals surface area contributed by atoms with Gasteiger partial charge in [-0.05, 0) is 6.42 Å². The van der Waals surface area contributed by atoms with Crippen molar-refractivity contribution in [2.24, 2.45) is 0 Å². The zero-order chi connectivity index (χ0) is 14.3. The highest BCUT2D eigenvalue weighted by atomic mass is 32.1. The first-order valence-corrected chi connectivity index (χ1v) is 7.55. The van der Waals surface area contributed by atoms with Gasteiger partial charge in [0.2, 0.25) is 0 Å². The van der Waals surface area contributed by atoms with Crippen LogP contribution in [0.15, 0.2) is 0 Å². The van der Waals surface area contributed by atoms with Gasteiger partial charge in [-0.1, -0.05) is 32.6 Å². The fraction of sp³-hybridized carbons (Fsp3) is 1.00. The maximum atomic E-state index is 9.79. The molecule has 0 aromatic heterocycles. The smallest absolute Gasteiger partial charge is 0.172 e. The van der Waals surface area contributed by atoms with E-state index in [-0.39, 0.29) is 6.61 Å². The third-order valence-electron chi connectivity index (χ3n) is 3.38. The van der Waals surface area contributed by atoms with Gasteiger partial charge in [-0.2, -0.15) is 12.6 Å². The van der Waals surface area contributed by atoms with Crippen LogP contribution in [0, 0.1) is 0 Å². The summed E-state index contributed by atoms with van der Waals surface area (Å²) in [6, 6.07) is 0. The Labute approximate surface area is 120 Å². The van der Waals surface area contributed by atoms with Crippen LogP contribution < -0.4 is 0 Å². The van der Waals surface area contributed by atoms with Gasteiger partial charge < -0.3 is 24.8 Å². The molecule has 1 aliphatic heterocycles. The van der Waals surface area contributed by atoms with E-state index in [4.69, 9.17) is 14.6 Å². The first-order valence-electron chi connectivity index (χ1n) is 7.04. The molecule has 0 spiro atoms. The van der Waals surface area contributed by atoms with E-state index in [1.165, 1.54) is 19.3 Å². The lowest BCUT2D eigenvalue weighted by molar-refractivity contribution is -0.252. The molecule has 3 N–H and O–H groups in total. The fourth-order valence-electron chi connectivity index (χ4n) is 2.11. The average molecular weight is 294 g/mol. The van der Waals surface area contributed by atoms with Crippen LogP contribution >= 0.6 is 12.6 Å². The summed E-state index contributed by atoms with van der Waals surface area (Å²) < 4.78 is 10.9. The number of hydrogen-bond acceptors (Lipinski definition) is 6. The summed E-state index contributed by atoms with van der Waals surface area (Å²) in [5, 5.41) is 27.9. The molecule has 0 saturated carbocycles. The Balaban J connectivity index is 2.28. The second-order valence-electron chi connectivity index (χ2n) is 4.98. The van der Waals surface area contributed by atoms with Crippen molar-refractivity contribution in [2.75, 3.05) is 13.2 Å². The van der Waals surface area contributed by atoms with Crippen molar-refractivity contribution in [3.63, 3.8) is 0 Å². The molecule has 0 aromatic rings. The minimum absolute atomic E-state index is 0.352. The molecule has 5 atom stereocenters. The Hall–Kier alpha value is 0.150. The third kappa shape index (κ3) is 5.21. The Morgan fingerprint density at radius 1 is 1.11 bits per heavy atom. The molecule has 0 bridgehead atoms. The first-order chi connectivity index (χ1) is 9.11. The predicted molar refractivity (Wildman–Crippen MR) is 75.2 cm³/mol. The summed E-state index contributed by atoms with van der Waals surface area (Å²) in [6.45, 7) is 2.35. The SMILES string of the molecule is CCCCCCCO[C@H]1O[C@H](CO)[C@@H](O)[C@H](O)[C@@H]1S. The lowest BCUT2D eigenvalue weighted by atomic mass is 10.0. The highest BCUT2D eigenvalue weighted by molar-refractivity contribution is 7.81. The number of ether oxygens (including phenoxy) is 2. The van der Waals surface area contributed by atoms with E-state index < -0.39 is 29.9 Å². The zero-order valence-corrected chi connectivity index (χ0v) is 12.3. The van der Waals surface area contributed by atoms with E-state index >= 15 is 0 Å². The van der Waals surface area contributed by atoms with Gasteiger partial charge in [-0.3, -0.25) is 0 Å². The van der Waals surface area contributed by atoms with Crippen molar-refractivity contribution >= 4 is 12.6 Å². The van der Waals surface area contributed by atoms with E-state index in [0.717, 1.165) is 12.8 Å². The topological polar surface area (TPSA) is 79.2 Å². The van der Waals surface area contributed by atoms with Crippen molar-refractivity contribution in [3.8, 4) is 0 Å². The summed E-state index contributed by atoms with van der Waals surface area (Å²) in [4.78, 5) is 0. The number of hydrogen-bond donors (Lipinski definition) is 4. The normalized spacial score (nSPS) is 35.5. The lowest BCUT2D eigenvalue weighted by Crippen LogP contribution is -2.57. The molecule has 0 unspecified atom stereocenters. The zero-order valence-electron chi connectivity index (χ0n) is 11.4. The Morgan fingerprint density at radius 2 is 1.79 bits per heavy atom. The molecule has 1 aliphatic rings. The van der Waals surface area contributed by atoms with Gasteiger partial charge in [0.05, 0.1) is 18.0 Å². The molecular formula is C13H26O5S. The maximum absolute atomic E-state index is 9.79. The molecule has 0 amide bonds. The van der Waals surface area contributed by atoms with Gasteiger partial charge in [-0.25, -0.2) is 0 Å². The number of aliphatic hydroxyl groups is 3. The molecule has 0 aromatic carbocycles. The molecule has 0 radical (unpaired) electrons. The second kappa shape index (κ2) is 9.15. The van der Waals surface area contributed by atoms with E-state index in [0.29, 0.717) is 6.61 Å². The summed E-state index contributed by atoms with van der Waals surface area (Å²) in [5.74, 6) is 0. The number of aliphatic hydroxyl groups excluding tert-OH is 3. The standard InChI is InChI=1S/C13H26O5S/c1-2-3-4-5-6-7-17-13-12(19)11(16)10(15)9(8-14)18-13/h9-16,19H,2-8H2,1H3/t9-,10-,11+,12+,13+/m1/s1. The van der Waals surface area contributed by atoms with E-state index in [1.807, 2.05) is 0 Å². The van der Waals surface area contributed by atoms with Crippen LogP contribution in [0.3, 0.4) is 0 Å². The fourth-order valence-corrected chi connectivity index (χ4v) is 2.44. The minimum atomic E-state index is -1.13. The van der Waals surface area contributed by atoms with Crippen molar-refractivity contribution < 1.29 is 24.8 Å². The Morgan fingerprint density at radius 3 is 2.42 bits per heavy atom. The van der Waals surface area contributed by atoms with Gasteiger partial charge in [0.1, 0.15) is 12.2 Å². The van der Waals surface area contributed by atoms with Crippen LogP contribution in [-0.4, -0.2) is 58.4 Å². The maximum Gasteiger partial charge on any atom is 0.172 e. The number of rotatable bonds is 8. The van der Waals surface area contributed by atoms with Crippen LogP contribution in [0.5, 0.6) is 0 Å². The molecular weight excluding hydrogens is 268 g/mol. The van der Waals surface area contributed by atoms with Crippen molar-refractivity contribution in [1.82, 2.24) is 0 Å². The molecule has 1 rings (SSSR count). The molecule has 1 saturated heterocycles. The summed E-state index contributed by atoms with van der Waals surface area (Å²) in [6.07, 6.45) is 1.97. The largest absolute Gasteiger partial charge is 0.394 e.